The van der Waals surface area contributed by atoms with Crippen LogP contribution in [0, 0.1) is 5.92 Å². The van der Waals surface area contributed by atoms with Crippen molar-refractivity contribution in [1.82, 2.24) is 10.2 Å². The minimum absolute atomic E-state index is 0.183. The van der Waals surface area contributed by atoms with Crippen molar-refractivity contribution < 1.29 is 19.5 Å². The minimum atomic E-state index is -1.30. The SMILES string of the molecule is CC[C@@H](C)[C@H](NC(=O)[C@H]1N2C(=O)c3ccccc3[C@@H]2SC1(C)C)C(=O)[O-]. The largest absolute Gasteiger partial charge is 0.548 e. The van der Waals surface area contributed by atoms with Gasteiger partial charge in [-0.25, -0.2) is 0 Å². The molecule has 1 fully saturated rings. The fourth-order valence-electron chi connectivity index (χ4n) is 3.71. The number of amides is 2. The van der Waals surface area contributed by atoms with Gasteiger partial charge < -0.3 is 20.1 Å². The molecule has 2 amide bonds. The van der Waals surface area contributed by atoms with Crippen LogP contribution in [-0.4, -0.2) is 39.5 Å². The number of nitrogens with zero attached hydrogens (tertiary/aromatic N) is 1. The van der Waals surface area contributed by atoms with Crippen molar-refractivity contribution in [1.29, 1.82) is 0 Å². The lowest BCUT2D eigenvalue weighted by atomic mass is 9.96. The summed E-state index contributed by atoms with van der Waals surface area (Å²) in [5, 5.41) is 13.9. The fourth-order valence-corrected chi connectivity index (χ4v) is 5.29. The van der Waals surface area contributed by atoms with Crippen molar-refractivity contribution in [3.05, 3.63) is 35.4 Å². The number of fused-ring (bicyclic) bond motifs is 3. The van der Waals surface area contributed by atoms with E-state index in [1.54, 1.807) is 35.7 Å². The van der Waals surface area contributed by atoms with Gasteiger partial charge in [0.05, 0.1) is 12.0 Å². The molecule has 26 heavy (non-hydrogen) atoms. The number of carbonyl (C=O) groups excluding carboxylic acids is 3. The third-order valence-corrected chi connectivity index (χ3v) is 6.84. The molecule has 0 aromatic heterocycles. The zero-order chi connectivity index (χ0) is 19.2. The molecule has 3 rings (SSSR count). The summed E-state index contributed by atoms with van der Waals surface area (Å²) in [6.45, 7) is 7.44. The molecule has 0 spiro atoms. The Kier molecular flexibility index (Phi) is 4.77. The molecule has 0 bridgehead atoms. The van der Waals surface area contributed by atoms with Gasteiger partial charge in [0.15, 0.2) is 0 Å². The number of carboxylic acids is 1. The minimum Gasteiger partial charge on any atom is -0.548 e. The van der Waals surface area contributed by atoms with Crippen LogP contribution in [0.2, 0.25) is 0 Å². The van der Waals surface area contributed by atoms with Gasteiger partial charge in [-0.15, -0.1) is 11.8 Å². The van der Waals surface area contributed by atoms with Crippen molar-refractivity contribution in [3.8, 4) is 0 Å². The third-order valence-electron chi connectivity index (χ3n) is 5.31. The first kappa shape index (κ1) is 18.8. The van der Waals surface area contributed by atoms with E-state index in [1.165, 1.54) is 0 Å². The number of nitrogens with one attached hydrogen (secondary N) is 1. The zero-order valence-corrected chi connectivity index (χ0v) is 16.1. The molecule has 1 saturated heterocycles. The van der Waals surface area contributed by atoms with Crippen LogP contribution < -0.4 is 10.4 Å². The van der Waals surface area contributed by atoms with Crippen molar-refractivity contribution in [2.75, 3.05) is 0 Å². The molecule has 7 heteroatoms. The first-order valence-corrected chi connectivity index (χ1v) is 9.67. The quantitative estimate of drug-likeness (QED) is 0.838. The molecule has 1 aromatic rings. The number of benzene rings is 1. The van der Waals surface area contributed by atoms with Gasteiger partial charge in [0.2, 0.25) is 5.91 Å². The van der Waals surface area contributed by atoms with Gasteiger partial charge in [-0.1, -0.05) is 38.5 Å². The lowest BCUT2D eigenvalue weighted by Gasteiger charge is -2.33. The lowest BCUT2D eigenvalue weighted by molar-refractivity contribution is -0.309. The summed E-state index contributed by atoms with van der Waals surface area (Å²) < 4.78 is -0.538. The predicted molar refractivity (Wildman–Crippen MR) is 97.2 cm³/mol. The number of hydrogen-bond acceptors (Lipinski definition) is 5. The molecule has 0 saturated carbocycles. The van der Waals surface area contributed by atoms with Crippen LogP contribution in [0.3, 0.4) is 0 Å². The summed E-state index contributed by atoms with van der Waals surface area (Å²) in [7, 11) is 0. The summed E-state index contributed by atoms with van der Waals surface area (Å²) in [6, 6.07) is 5.53. The topological polar surface area (TPSA) is 89.5 Å². The molecule has 0 unspecified atom stereocenters. The maximum absolute atomic E-state index is 13.0. The molecule has 1 aromatic carbocycles. The van der Waals surface area contributed by atoms with Crippen molar-refractivity contribution in [2.45, 2.75) is 56.3 Å². The Balaban J connectivity index is 1.91. The Labute approximate surface area is 157 Å². The lowest BCUT2D eigenvalue weighted by Crippen LogP contribution is -2.59. The Morgan fingerprint density at radius 2 is 2.00 bits per heavy atom. The van der Waals surface area contributed by atoms with Gasteiger partial charge >= 0.3 is 0 Å². The molecule has 4 atom stereocenters. The van der Waals surface area contributed by atoms with E-state index in [9.17, 15) is 19.5 Å². The molecule has 2 heterocycles. The molecular formula is C19H23N2O4S-. The van der Waals surface area contributed by atoms with Crippen LogP contribution in [-0.2, 0) is 9.59 Å². The number of hydrogen-bond donors (Lipinski definition) is 1. The number of thioether (sulfide) groups is 1. The highest BCUT2D eigenvalue weighted by atomic mass is 32.2. The summed E-state index contributed by atoms with van der Waals surface area (Å²) in [5.74, 6) is -2.19. The van der Waals surface area contributed by atoms with Crippen molar-refractivity contribution >= 4 is 29.5 Å². The number of carboxylic acid groups (broad SMARTS) is 1. The summed E-state index contributed by atoms with van der Waals surface area (Å²) >= 11 is 1.55. The normalized spacial score (nSPS) is 25.4. The Bertz CT molecular complexity index is 764. The predicted octanol–water partition coefficient (Wildman–Crippen LogP) is 1.32. The van der Waals surface area contributed by atoms with Crippen molar-refractivity contribution in [2.24, 2.45) is 5.92 Å². The number of rotatable bonds is 5. The van der Waals surface area contributed by atoms with Gasteiger partial charge in [-0.3, -0.25) is 9.59 Å². The number of carbonyl (C=O) groups is 3. The van der Waals surface area contributed by atoms with Crippen LogP contribution in [0.25, 0.3) is 0 Å². The van der Waals surface area contributed by atoms with Crippen LogP contribution in [0.5, 0.6) is 0 Å². The molecule has 0 aliphatic carbocycles. The van der Waals surface area contributed by atoms with E-state index in [0.717, 1.165) is 5.56 Å². The van der Waals surface area contributed by atoms with E-state index in [4.69, 9.17) is 0 Å². The molecule has 6 nitrogen and oxygen atoms in total. The molecule has 1 N–H and O–H groups in total. The van der Waals surface area contributed by atoms with E-state index in [2.05, 4.69) is 5.32 Å². The Morgan fingerprint density at radius 3 is 2.62 bits per heavy atom. The zero-order valence-electron chi connectivity index (χ0n) is 15.3. The molecule has 2 aliphatic heterocycles. The monoisotopic (exact) mass is 375 g/mol. The van der Waals surface area contributed by atoms with Crippen molar-refractivity contribution in [3.63, 3.8) is 0 Å². The highest BCUT2D eigenvalue weighted by molar-refractivity contribution is 8.01. The molecule has 0 radical (unpaired) electrons. The fraction of sp³-hybridized carbons (Fsp3) is 0.526. The molecule has 140 valence electrons. The summed E-state index contributed by atoms with van der Waals surface area (Å²) in [5.41, 5.74) is 1.51. The second-order valence-electron chi connectivity index (χ2n) is 7.47. The van der Waals surface area contributed by atoms with E-state index < -0.39 is 28.7 Å². The Morgan fingerprint density at radius 1 is 1.35 bits per heavy atom. The van der Waals surface area contributed by atoms with E-state index in [1.807, 2.05) is 32.9 Å². The third kappa shape index (κ3) is 2.88. The van der Waals surface area contributed by atoms with Gasteiger partial charge in [0.25, 0.3) is 5.91 Å². The maximum Gasteiger partial charge on any atom is 0.256 e. The van der Waals surface area contributed by atoms with Crippen LogP contribution in [0.4, 0.5) is 0 Å². The molecular weight excluding hydrogens is 352 g/mol. The Hall–Kier alpha value is -2.02. The van der Waals surface area contributed by atoms with Gasteiger partial charge in [0, 0.05) is 10.3 Å². The average Bonchev–Trinajstić information content (AvgIpc) is 3.02. The summed E-state index contributed by atoms with van der Waals surface area (Å²) in [6.07, 6.45) is 0.596. The second kappa shape index (κ2) is 6.61. The average molecular weight is 375 g/mol. The standard InChI is InChI=1S/C19H24N2O4S/c1-5-10(2)13(18(24)25)20-15(22)14-19(3,4)26-17-12-9-7-6-8-11(12)16(23)21(14)17/h6-10,13-14,17H,5H2,1-4H3,(H,20,22)(H,24,25)/p-1/t10-,13+,14-,17+/m1/s1. The summed E-state index contributed by atoms with van der Waals surface area (Å²) in [4.78, 5) is 39.0. The first-order chi connectivity index (χ1) is 12.2. The van der Waals surface area contributed by atoms with Crippen LogP contribution in [0.15, 0.2) is 24.3 Å². The maximum atomic E-state index is 13.0. The second-order valence-corrected chi connectivity index (χ2v) is 9.20. The van der Waals surface area contributed by atoms with Crippen LogP contribution >= 0.6 is 11.8 Å². The number of aliphatic carboxylic acids is 1. The van der Waals surface area contributed by atoms with Crippen LogP contribution in [0.1, 0.15) is 55.4 Å². The highest BCUT2D eigenvalue weighted by Gasteiger charge is 2.57. The smallest absolute Gasteiger partial charge is 0.256 e. The highest BCUT2D eigenvalue weighted by Crippen LogP contribution is 2.56. The van der Waals surface area contributed by atoms with Gasteiger partial charge in [-0.05, 0) is 31.4 Å². The van der Waals surface area contributed by atoms with Gasteiger partial charge in [0.1, 0.15) is 11.4 Å². The molecule has 2 aliphatic rings. The van der Waals surface area contributed by atoms with E-state index in [0.29, 0.717) is 12.0 Å². The van der Waals surface area contributed by atoms with E-state index in [-0.39, 0.29) is 17.2 Å². The van der Waals surface area contributed by atoms with E-state index >= 15 is 0 Å². The van der Waals surface area contributed by atoms with Gasteiger partial charge in [-0.2, -0.15) is 0 Å². The first-order valence-electron chi connectivity index (χ1n) is 8.79.